The number of hydrogen-bond donors (Lipinski definition) is 1. The van der Waals surface area contributed by atoms with Gasteiger partial charge in [0.2, 0.25) is 0 Å². The van der Waals surface area contributed by atoms with E-state index in [4.69, 9.17) is 9.72 Å². The van der Waals surface area contributed by atoms with Crippen molar-refractivity contribution < 1.29 is 9.53 Å². The quantitative estimate of drug-likeness (QED) is 0.663. The Morgan fingerprint density at radius 2 is 2.00 bits per heavy atom. The molecule has 1 aliphatic carbocycles. The molecule has 3 aromatic rings. The van der Waals surface area contributed by atoms with Crippen LogP contribution in [0.25, 0.3) is 22.3 Å². The number of carbonyl (C=O) groups excluding carboxylic acids is 1. The van der Waals surface area contributed by atoms with Crippen molar-refractivity contribution >= 4 is 17.2 Å². The van der Waals surface area contributed by atoms with Crippen LogP contribution < -0.4 is 5.32 Å². The van der Waals surface area contributed by atoms with Gasteiger partial charge in [0.05, 0.1) is 41.5 Å². The van der Waals surface area contributed by atoms with Gasteiger partial charge in [0.1, 0.15) is 5.60 Å². The molecule has 0 unspecified atom stereocenters. The van der Waals surface area contributed by atoms with Gasteiger partial charge in [-0.2, -0.15) is 10.2 Å². The molecule has 0 radical (unpaired) electrons. The molecule has 0 saturated heterocycles. The van der Waals surface area contributed by atoms with E-state index in [0.717, 1.165) is 47.3 Å². The maximum atomic E-state index is 12.2. The molecule has 0 saturated carbocycles. The van der Waals surface area contributed by atoms with E-state index < -0.39 is 11.7 Å². The molecule has 3 aromatic heterocycles. The number of ether oxygens (including phenoxy) is 1. The summed E-state index contributed by atoms with van der Waals surface area (Å²) in [5.74, 6) is 0. The first kappa shape index (κ1) is 22.5. The van der Waals surface area contributed by atoms with Gasteiger partial charge in [-0.25, -0.2) is 14.3 Å². The first-order valence-corrected chi connectivity index (χ1v) is 10.8. The van der Waals surface area contributed by atoms with E-state index in [1.807, 2.05) is 64.6 Å². The summed E-state index contributed by atoms with van der Waals surface area (Å²) >= 11 is 0. The van der Waals surface area contributed by atoms with E-state index in [-0.39, 0.29) is 6.04 Å². The lowest BCUT2D eigenvalue weighted by Gasteiger charge is -2.25. The van der Waals surface area contributed by atoms with E-state index in [1.165, 1.54) is 0 Å². The number of carbonyl (C=O) groups is 1. The van der Waals surface area contributed by atoms with E-state index in [1.54, 1.807) is 17.1 Å². The number of amides is 1. The Hall–Kier alpha value is -3.16. The first-order valence-electron chi connectivity index (χ1n) is 10.8. The molecule has 31 heavy (non-hydrogen) atoms. The molecule has 1 amide bonds. The van der Waals surface area contributed by atoms with Crippen molar-refractivity contribution in [2.75, 3.05) is 0 Å². The van der Waals surface area contributed by atoms with Crippen LogP contribution in [0.1, 0.15) is 59.6 Å². The molecule has 3 heterocycles. The molecule has 8 nitrogen and oxygen atoms in total. The molecule has 166 valence electrons. The smallest absolute Gasteiger partial charge is 0.408 e. The highest BCUT2D eigenvalue weighted by molar-refractivity contribution is 5.78. The minimum atomic E-state index is -0.519. The molecule has 1 aliphatic rings. The highest BCUT2D eigenvalue weighted by atomic mass is 16.6. The number of aryl methyl sites for hydroxylation is 1. The van der Waals surface area contributed by atoms with Crippen LogP contribution in [0.2, 0.25) is 0 Å². The maximum Gasteiger partial charge on any atom is 0.408 e. The summed E-state index contributed by atoms with van der Waals surface area (Å²) in [4.78, 5) is 17.1. The molecule has 0 bridgehead atoms. The Bertz CT molecular complexity index is 1070. The monoisotopic (exact) mass is 424 g/mol. The molecule has 1 N–H and O–H groups in total. The number of alkyl carbamates (subject to hydrolysis) is 1. The standard InChI is InChI=1S/C21H26N6O2.C2H6/c1-21(2,3)29-20(28)24-16-7-5-6-14(10-16)19-18-8-9-22-27(18)13-17(25-19)15-11-23-26(4)12-15;1-2/h8-13,16H,5-7H2,1-4H3,(H,24,28);1-2H3/t16-;/m1./s1. The third-order valence-corrected chi connectivity index (χ3v) is 4.76. The normalized spacial score (nSPS) is 16.3. The van der Waals surface area contributed by atoms with Gasteiger partial charge in [-0.3, -0.25) is 4.68 Å². The zero-order chi connectivity index (χ0) is 22.6. The Morgan fingerprint density at radius 1 is 1.23 bits per heavy atom. The number of rotatable bonds is 3. The van der Waals surface area contributed by atoms with Crippen LogP contribution in [0, 0.1) is 0 Å². The van der Waals surface area contributed by atoms with Gasteiger partial charge in [-0.05, 0) is 51.7 Å². The fourth-order valence-electron chi connectivity index (χ4n) is 3.55. The fourth-order valence-corrected chi connectivity index (χ4v) is 3.55. The van der Waals surface area contributed by atoms with E-state index >= 15 is 0 Å². The van der Waals surface area contributed by atoms with E-state index in [9.17, 15) is 4.79 Å². The lowest BCUT2D eigenvalue weighted by Crippen LogP contribution is -2.39. The van der Waals surface area contributed by atoms with Crippen molar-refractivity contribution in [2.24, 2.45) is 7.05 Å². The summed E-state index contributed by atoms with van der Waals surface area (Å²) in [6, 6.07) is 1.88. The highest BCUT2D eigenvalue weighted by Gasteiger charge is 2.23. The molecule has 1 atom stereocenters. The SMILES string of the molecule is CC.Cn1cc(-c2cn3nccc3c(C3=C[C@H](NC(=O)OC(C)(C)C)CCC3)n2)cn1. The minimum absolute atomic E-state index is 0.0829. The molecular formula is C23H32N6O2. The predicted octanol–water partition coefficient (Wildman–Crippen LogP) is 4.62. The van der Waals surface area contributed by atoms with Gasteiger partial charge in [0, 0.05) is 18.8 Å². The summed E-state index contributed by atoms with van der Waals surface area (Å²) in [5.41, 5.74) is 4.17. The average molecular weight is 425 g/mol. The summed E-state index contributed by atoms with van der Waals surface area (Å²) in [7, 11) is 1.88. The zero-order valence-electron chi connectivity index (χ0n) is 19.2. The summed E-state index contributed by atoms with van der Waals surface area (Å²) in [5, 5.41) is 11.6. The number of hydrogen-bond acceptors (Lipinski definition) is 5. The van der Waals surface area contributed by atoms with Gasteiger partial charge in [-0.15, -0.1) is 0 Å². The van der Waals surface area contributed by atoms with Crippen LogP contribution in [-0.2, 0) is 11.8 Å². The van der Waals surface area contributed by atoms with Crippen molar-refractivity contribution in [1.29, 1.82) is 0 Å². The van der Waals surface area contributed by atoms with Crippen LogP contribution in [-0.4, -0.2) is 42.1 Å². The van der Waals surface area contributed by atoms with Crippen LogP contribution in [0.15, 0.2) is 36.9 Å². The number of fused-ring (bicyclic) bond motifs is 1. The van der Waals surface area contributed by atoms with Crippen molar-refractivity contribution in [3.63, 3.8) is 0 Å². The van der Waals surface area contributed by atoms with Crippen LogP contribution in [0.4, 0.5) is 4.79 Å². The average Bonchev–Trinajstić information content (AvgIpc) is 3.36. The Morgan fingerprint density at radius 3 is 2.68 bits per heavy atom. The summed E-state index contributed by atoms with van der Waals surface area (Å²) in [6.07, 6.45) is 11.8. The summed E-state index contributed by atoms with van der Waals surface area (Å²) < 4.78 is 9.00. The predicted molar refractivity (Wildman–Crippen MR) is 122 cm³/mol. The maximum absolute atomic E-state index is 12.2. The Balaban J connectivity index is 0.00000132. The molecule has 0 aromatic carbocycles. The number of allylic oxidation sites excluding steroid dienone is 1. The second kappa shape index (κ2) is 9.32. The van der Waals surface area contributed by atoms with Gasteiger partial charge >= 0.3 is 6.09 Å². The highest BCUT2D eigenvalue weighted by Crippen LogP contribution is 2.30. The van der Waals surface area contributed by atoms with Crippen molar-refractivity contribution in [2.45, 2.75) is 65.5 Å². The van der Waals surface area contributed by atoms with Gasteiger partial charge in [-0.1, -0.05) is 19.9 Å². The first-order chi connectivity index (χ1) is 14.8. The fraction of sp³-hybridized carbons (Fsp3) is 0.478. The lowest BCUT2D eigenvalue weighted by molar-refractivity contribution is 0.0511. The van der Waals surface area contributed by atoms with Crippen molar-refractivity contribution in [1.82, 2.24) is 29.7 Å². The second-order valence-corrected chi connectivity index (χ2v) is 8.38. The molecule has 4 rings (SSSR count). The Kier molecular flexibility index (Phi) is 6.77. The third kappa shape index (κ3) is 5.51. The molecular weight excluding hydrogens is 392 g/mol. The number of aromatic nitrogens is 5. The number of nitrogens with one attached hydrogen (secondary N) is 1. The van der Waals surface area contributed by atoms with Gasteiger partial charge in [0.25, 0.3) is 0 Å². The minimum Gasteiger partial charge on any atom is -0.444 e. The van der Waals surface area contributed by atoms with E-state index in [0.29, 0.717) is 0 Å². The molecule has 0 fully saturated rings. The van der Waals surface area contributed by atoms with Crippen LogP contribution in [0.3, 0.4) is 0 Å². The van der Waals surface area contributed by atoms with Crippen LogP contribution in [0.5, 0.6) is 0 Å². The lowest BCUT2D eigenvalue weighted by atomic mass is 9.93. The molecule has 0 aliphatic heterocycles. The molecule has 8 heteroatoms. The van der Waals surface area contributed by atoms with Crippen molar-refractivity contribution in [3.05, 3.63) is 42.6 Å². The van der Waals surface area contributed by atoms with Gasteiger partial charge < -0.3 is 10.1 Å². The topological polar surface area (TPSA) is 86.3 Å². The largest absolute Gasteiger partial charge is 0.444 e. The zero-order valence-corrected chi connectivity index (χ0v) is 19.2. The van der Waals surface area contributed by atoms with E-state index in [2.05, 4.69) is 21.6 Å². The number of nitrogens with zero attached hydrogens (tertiary/aromatic N) is 5. The molecule has 0 spiro atoms. The second-order valence-electron chi connectivity index (χ2n) is 8.38. The third-order valence-electron chi connectivity index (χ3n) is 4.76. The summed E-state index contributed by atoms with van der Waals surface area (Å²) in [6.45, 7) is 9.58. The Labute approximate surface area is 183 Å². The van der Waals surface area contributed by atoms with Crippen molar-refractivity contribution in [3.8, 4) is 11.3 Å². The van der Waals surface area contributed by atoms with Gasteiger partial charge in [0.15, 0.2) is 0 Å². The van der Waals surface area contributed by atoms with Crippen LogP contribution >= 0.6 is 0 Å².